The molecular formula is C20H23N3O3. The van der Waals surface area contributed by atoms with Crippen molar-refractivity contribution in [3.8, 4) is 0 Å². The largest absolute Gasteiger partial charge is 0.380 e. The minimum atomic E-state index is -0.117. The quantitative estimate of drug-likeness (QED) is 0.895. The third kappa shape index (κ3) is 4.26. The molecule has 1 aliphatic rings. The number of aromatic nitrogens is 1. The molecule has 136 valence electrons. The van der Waals surface area contributed by atoms with Gasteiger partial charge in [0.2, 0.25) is 0 Å². The number of nitrogens with one attached hydrogen (secondary N) is 1. The maximum absolute atomic E-state index is 12.8. The molecule has 0 bridgehead atoms. The van der Waals surface area contributed by atoms with Gasteiger partial charge in [-0.05, 0) is 36.6 Å². The van der Waals surface area contributed by atoms with E-state index < -0.39 is 0 Å². The lowest BCUT2D eigenvalue weighted by molar-refractivity contribution is 0.0693. The number of nitrogens with zero attached hydrogens (tertiary/aromatic N) is 2. The van der Waals surface area contributed by atoms with E-state index in [1.54, 1.807) is 31.6 Å². The fraction of sp³-hybridized carbons (Fsp3) is 0.350. The Morgan fingerprint density at radius 3 is 2.65 bits per heavy atom. The topological polar surface area (TPSA) is 71.5 Å². The van der Waals surface area contributed by atoms with E-state index in [-0.39, 0.29) is 17.9 Å². The number of carbonyl (C=O) groups excluding carboxylic acids is 2. The predicted molar refractivity (Wildman–Crippen MR) is 97.8 cm³/mol. The van der Waals surface area contributed by atoms with Gasteiger partial charge in [0.25, 0.3) is 11.8 Å². The molecule has 2 aromatic rings. The minimum absolute atomic E-state index is 0.0229. The molecule has 1 aromatic carbocycles. The molecule has 1 aromatic heterocycles. The van der Waals surface area contributed by atoms with Gasteiger partial charge in [-0.25, -0.2) is 0 Å². The van der Waals surface area contributed by atoms with Crippen molar-refractivity contribution in [3.05, 3.63) is 65.5 Å². The van der Waals surface area contributed by atoms with Crippen molar-refractivity contribution in [2.45, 2.75) is 25.5 Å². The minimum Gasteiger partial charge on any atom is -0.380 e. The lowest BCUT2D eigenvalue weighted by atomic mass is 10.0. The number of ether oxygens (including phenoxy) is 1. The monoisotopic (exact) mass is 353 g/mol. The van der Waals surface area contributed by atoms with Gasteiger partial charge in [-0.2, -0.15) is 0 Å². The average molecular weight is 353 g/mol. The number of rotatable bonds is 5. The third-order valence-corrected chi connectivity index (χ3v) is 4.59. The molecule has 6 heteroatoms. The van der Waals surface area contributed by atoms with Crippen LogP contribution in [0.3, 0.4) is 0 Å². The Bertz CT molecular complexity index is 756. The molecule has 26 heavy (non-hydrogen) atoms. The molecule has 6 nitrogen and oxygen atoms in total. The Balaban J connectivity index is 1.57. The lowest BCUT2D eigenvalue weighted by Gasteiger charge is -2.32. The van der Waals surface area contributed by atoms with Crippen LogP contribution in [0.15, 0.2) is 48.8 Å². The number of methoxy groups -OCH3 is 1. The number of likely N-dealkylation sites (tertiary alicyclic amines) is 1. The summed E-state index contributed by atoms with van der Waals surface area (Å²) in [5.74, 6) is -0.0944. The van der Waals surface area contributed by atoms with Gasteiger partial charge in [0, 0.05) is 44.2 Å². The van der Waals surface area contributed by atoms with Crippen LogP contribution in [0.5, 0.6) is 0 Å². The number of hydrogen-bond acceptors (Lipinski definition) is 4. The highest BCUT2D eigenvalue weighted by molar-refractivity contribution is 5.96. The highest BCUT2D eigenvalue weighted by Gasteiger charge is 2.26. The van der Waals surface area contributed by atoms with E-state index in [4.69, 9.17) is 4.74 Å². The second-order valence-electron chi connectivity index (χ2n) is 6.37. The number of piperidine rings is 1. The van der Waals surface area contributed by atoms with E-state index >= 15 is 0 Å². The summed E-state index contributed by atoms with van der Waals surface area (Å²) >= 11 is 0. The lowest BCUT2D eigenvalue weighted by Crippen LogP contribution is -2.46. The van der Waals surface area contributed by atoms with Crippen LogP contribution < -0.4 is 5.32 Å². The predicted octanol–water partition coefficient (Wildman–Crippen LogP) is 2.26. The number of pyridine rings is 1. The Kier molecular flexibility index (Phi) is 5.96. The SMILES string of the molecule is COCc1ccccc1C(=O)N1CCC(NC(=O)c2cccnc2)CC1. The van der Waals surface area contributed by atoms with Crippen LogP contribution in [0.1, 0.15) is 39.1 Å². The first-order valence-electron chi connectivity index (χ1n) is 8.76. The normalized spacial score (nSPS) is 14.9. The van der Waals surface area contributed by atoms with E-state index in [2.05, 4.69) is 10.3 Å². The zero-order chi connectivity index (χ0) is 18.4. The Morgan fingerprint density at radius 2 is 1.96 bits per heavy atom. The summed E-state index contributed by atoms with van der Waals surface area (Å²) in [6.45, 7) is 1.66. The van der Waals surface area contributed by atoms with Crippen molar-refractivity contribution in [2.75, 3.05) is 20.2 Å². The van der Waals surface area contributed by atoms with Crippen LogP contribution in [-0.4, -0.2) is 47.9 Å². The molecule has 0 spiro atoms. The summed E-state index contributed by atoms with van der Waals surface area (Å²) in [5.41, 5.74) is 2.14. The van der Waals surface area contributed by atoms with Crippen molar-refractivity contribution in [1.82, 2.24) is 15.2 Å². The van der Waals surface area contributed by atoms with Crippen LogP contribution in [0.4, 0.5) is 0 Å². The molecule has 0 aliphatic carbocycles. The van der Waals surface area contributed by atoms with Crippen molar-refractivity contribution in [2.24, 2.45) is 0 Å². The zero-order valence-corrected chi connectivity index (χ0v) is 14.9. The molecule has 1 saturated heterocycles. The van der Waals surface area contributed by atoms with Gasteiger partial charge >= 0.3 is 0 Å². The molecule has 0 atom stereocenters. The summed E-state index contributed by atoms with van der Waals surface area (Å²) in [6.07, 6.45) is 4.68. The first-order chi connectivity index (χ1) is 12.7. The Labute approximate surface area is 153 Å². The molecule has 0 saturated carbocycles. The first kappa shape index (κ1) is 18.1. The van der Waals surface area contributed by atoms with Crippen molar-refractivity contribution < 1.29 is 14.3 Å². The van der Waals surface area contributed by atoms with Crippen LogP contribution >= 0.6 is 0 Å². The molecule has 2 heterocycles. The summed E-state index contributed by atoms with van der Waals surface area (Å²) < 4.78 is 5.19. The smallest absolute Gasteiger partial charge is 0.254 e. The summed E-state index contributed by atoms with van der Waals surface area (Å²) in [4.78, 5) is 30.9. The fourth-order valence-corrected chi connectivity index (χ4v) is 3.17. The molecule has 2 amide bonds. The zero-order valence-electron chi connectivity index (χ0n) is 14.9. The highest BCUT2D eigenvalue weighted by Crippen LogP contribution is 2.17. The van der Waals surface area contributed by atoms with Gasteiger partial charge in [-0.1, -0.05) is 18.2 Å². The summed E-state index contributed by atoms with van der Waals surface area (Å²) in [6, 6.07) is 11.1. The second-order valence-corrected chi connectivity index (χ2v) is 6.37. The molecule has 3 rings (SSSR count). The summed E-state index contributed by atoms with van der Waals surface area (Å²) in [7, 11) is 1.62. The average Bonchev–Trinajstić information content (AvgIpc) is 2.69. The molecule has 1 aliphatic heterocycles. The van der Waals surface area contributed by atoms with E-state index in [0.717, 1.165) is 18.4 Å². The van der Waals surface area contributed by atoms with Crippen LogP contribution in [0, 0.1) is 0 Å². The molecular weight excluding hydrogens is 330 g/mol. The van der Waals surface area contributed by atoms with Gasteiger partial charge in [0.1, 0.15) is 0 Å². The van der Waals surface area contributed by atoms with Gasteiger partial charge < -0.3 is 15.0 Å². The van der Waals surface area contributed by atoms with E-state index in [0.29, 0.717) is 30.8 Å². The van der Waals surface area contributed by atoms with Gasteiger partial charge in [0.05, 0.1) is 12.2 Å². The number of carbonyl (C=O) groups is 2. The second kappa shape index (κ2) is 8.58. The third-order valence-electron chi connectivity index (χ3n) is 4.59. The number of amides is 2. The maximum Gasteiger partial charge on any atom is 0.254 e. The van der Waals surface area contributed by atoms with Gasteiger partial charge in [0.15, 0.2) is 0 Å². The van der Waals surface area contributed by atoms with Crippen molar-refractivity contribution in [1.29, 1.82) is 0 Å². The fourth-order valence-electron chi connectivity index (χ4n) is 3.17. The van der Waals surface area contributed by atoms with Crippen LogP contribution in [0.25, 0.3) is 0 Å². The van der Waals surface area contributed by atoms with Gasteiger partial charge in [-0.15, -0.1) is 0 Å². The Hall–Kier alpha value is -2.73. The number of benzene rings is 1. The standard InChI is InChI=1S/C20H23N3O3/c1-26-14-16-5-2-3-7-18(16)20(25)23-11-8-17(9-12-23)22-19(24)15-6-4-10-21-13-15/h2-7,10,13,17H,8-9,11-12,14H2,1H3,(H,22,24). The molecule has 1 fully saturated rings. The molecule has 0 unspecified atom stereocenters. The van der Waals surface area contributed by atoms with Crippen molar-refractivity contribution >= 4 is 11.8 Å². The maximum atomic E-state index is 12.8. The highest BCUT2D eigenvalue weighted by atomic mass is 16.5. The Morgan fingerprint density at radius 1 is 1.19 bits per heavy atom. The van der Waals surface area contributed by atoms with Gasteiger partial charge in [-0.3, -0.25) is 14.6 Å². The molecule has 0 radical (unpaired) electrons. The van der Waals surface area contributed by atoms with E-state index in [1.165, 1.54) is 0 Å². The van der Waals surface area contributed by atoms with Crippen LogP contribution in [-0.2, 0) is 11.3 Å². The number of hydrogen-bond donors (Lipinski definition) is 1. The van der Waals surface area contributed by atoms with Crippen LogP contribution in [0.2, 0.25) is 0 Å². The summed E-state index contributed by atoms with van der Waals surface area (Å²) in [5, 5.41) is 3.03. The molecule has 1 N–H and O–H groups in total. The first-order valence-corrected chi connectivity index (χ1v) is 8.76. The van der Waals surface area contributed by atoms with E-state index in [1.807, 2.05) is 29.2 Å². The van der Waals surface area contributed by atoms with Crippen molar-refractivity contribution in [3.63, 3.8) is 0 Å². The van der Waals surface area contributed by atoms with E-state index in [9.17, 15) is 9.59 Å².